The minimum absolute atomic E-state index is 0.283. The van der Waals surface area contributed by atoms with Gasteiger partial charge in [0.05, 0.1) is 7.11 Å². The summed E-state index contributed by atoms with van der Waals surface area (Å²) in [6.07, 6.45) is 4.35. The highest BCUT2D eigenvalue weighted by atomic mass is 16.5. The van der Waals surface area contributed by atoms with Gasteiger partial charge in [-0.1, -0.05) is 42.5 Å². The zero-order valence-electron chi connectivity index (χ0n) is 16.3. The van der Waals surface area contributed by atoms with Crippen molar-refractivity contribution in [2.24, 2.45) is 0 Å². The van der Waals surface area contributed by atoms with E-state index >= 15 is 0 Å². The number of hydrogen-bond acceptors (Lipinski definition) is 4. The van der Waals surface area contributed by atoms with E-state index in [1.807, 2.05) is 53.2 Å². The Bertz CT molecular complexity index is 936. The molecule has 0 unspecified atom stereocenters. The van der Waals surface area contributed by atoms with Crippen molar-refractivity contribution in [1.82, 2.24) is 20.2 Å². The lowest BCUT2D eigenvalue weighted by Gasteiger charge is -2.09. The van der Waals surface area contributed by atoms with Crippen molar-refractivity contribution in [3.63, 3.8) is 0 Å². The van der Waals surface area contributed by atoms with E-state index in [1.165, 1.54) is 0 Å². The van der Waals surface area contributed by atoms with Gasteiger partial charge in [-0.3, -0.25) is 9.59 Å². The van der Waals surface area contributed by atoms with Crippen LogP contribution in [0.3, 0.4) is 0 Å². The van der Waals surface area contributed by atoms with Crippen LogP contribution in [0, 0.1) is 0 Å². The molecule has 1 heterocycles. The number of nitrogens with zero attached hydrogens (tertiary/aromatic N) is 2. The number of ether oxygens (including phenoxy) is 1. The lowest BCUT2D eigenvalue weighted by Crippen LogP contribution is -2.40. The highest BCUT2D eigenvalue weighted by molar-refractivity contribution is 6.35. The minimum atomic E-state index is -0.645. The number of carbonyl (C=O) groups is 2. The maximum absolute atomic E-state index is 12.0. The van der Waals surface area contributed by atoms with Gasteiger partial charge in [-0.2, -0.15) is 0 Å². The molecule has 0 spiro atoms. The number of aryl methyl sites for hydroxylation is 1. The summed E-state index contributed by atoms with van der Waals surface area (Å²) < 4.78 is 7.12. The van der Waals surface area contributed by atoms with Gasteiger partial charge in [-0.25, -0.2) is 4.98 Å². The second kappa shape index (κ2) is 10.1. The molecule has 7 heteroatoms. The van der Waals surface area contributed by atoms with Crippen LogP contribution in [0.25, 0.3) is 11.4 Å². The van der Waals surface area contributed by atoms with Crippen LogP contribution >= 0.6 is 0 Å². The first-order valence-corrected chi connectivity index (χ1v) is 9.43. The number of carbonyl (C=O) groups excluding carboxylic acids is 2. The van der Waals surface area contributed by atoms with Crippen LogP contribution in [-0.4, -0.2) is 35.0 Å². The molecule has 0 saturated heterocycles. The summed E-state index contributed by atoms with van der Waals surface area (Å²) in [6, 6.07) is 17.2. The lowest BCUT2D eigenvalue weighted by molar-refractivity contribution is -0.139. The molecule has 150 valence electrons. The Balaban J connectivity index is 1.40. The molecular formula is C22H24N4O3. The smallest absolute Gasteiger partial charge is 0.309 e. The molecule has 0 atom stereocenters. The zero-order valence-corrected chi connectivity index (χ0v) is 16.3. The summed E-state index contributed by atoms with van der Waals surface area (Å²) in [4.78, 5) is 28.3. The highest BCUT2D eigenvalue weighted by Gasteiger charge is 2.12. The molecule has 0 aliphatic heterocycles. The topological polar surface area (TPSA) is 85.2 Å². The van der Waals surface area contributed by atoms with Crippen molar-refractivity contribution in [2.75, 3.05) is 13.7 Å². The van der Waals surface area contributed by atoms with Crippen LogP contribution in [0.15, 0.2) is 67.0 Å². The quantitative estimate of drug-likeness (QED) is 0.455. The molecule has 0 bridgehead atoms. The molecule has 0 aliphatic rings. The fourth-order valence-corrected chi connectivity index (χ4v) is 2.87. The Hall–Kier alpha value is -3.61. The Kier molecular flexibility index (Phi) is 7.00. The molecule has 3 aromatic rings. The average Bonchev–Trinajstić information content (AvgIpc) is 3.24. The van der Waals surface area contributed by atoms with E-state index in [9.17, 15) is 9.59 Å². The van der Waals surface area contributed by atoms with Gasteiger partial charge in [0.2, 0.25) is 0 Å². The first-order valence-electron chi connectivity index (χ1n) is 9.43. The lowest BCUT2D eigenvalue weighted by atomic mass is 10.2. The van der Waals surface area contributed by atoms with Gasteiger partial charge in [0.25, 0.3) is 0 Å². The molecule has 0 aliphatic carbocycles. The summed E-state index contributed by atoms with van der Waals surface area (Å²) in [5.41, 5.74) is 1.93. The second-order valence-electron chi connectivity index (χ2n) is 6.45. The third-order valence-electron chi connectivity index (χ3n) is 4.43. The van der Waals surface area contributed by atoms with Gasteiger partial charge < -0.3 is 19.9 Å². The number of benzene rings is 2. The SMILES string of the molecule is COc1ccc(CNC(=O)C(=O)NCCCn2ccnc2-c2ccccc2)cc1. The molecule has 29 heavy (non-hydrogen) atoms. The van der Waals surface area contributed by atoms with Gasteiger partial charge >= 0.3 is 11.8 Å². The van der Waals surface area contributed by atoms with Crippen LogP contribution in [0.5, 0.6) is 5.75 Å². The predicted octanol–water partition coefficient (Wildman–Crippen LogP) is 2.38. The van der Waals surface area contributed by atoms with Crippen LogP contribution in [0.2, 0.25) is 0 Å². The number of amides is 2. The van der Waals surface area contributed by atoms with Crippen LogP contribution < -0.4 is 15.4 Å². The summed E-state index contributed by atoms with van der Waals surface area (Å²) >= 11 is 0. The zero-order chi connectivity index (χ0) is 20.5. The number of imidazole rings is 1. The van der Waals surface area contributed by atoms with Gasteiger partial charge in [0.15, 0.2) is 0 Å². The van der Waals surface area contributed by atoms with Gasteiger partial charge in [0.1, 0.15) is 11.6 Å². The molecule has 2 amide bonds. The molecule has 2 N–H and O–H groups in total. The number of rotatable bonds is 8. The Morgan fingerprint density at radius 3 is 2.45 bits per heavy atom. The standard InChI is InChI=1S/C22H24N4O3/c1-29-19-10-8-17(9-11-19)16-25-22(28)21(27)24-12-5-14-26-15-13-23-20(26)18-6-3-2-4-7-18/h2-4,6-11,13,15H,5,12,14,16H2,1H3,(H,24,27)(H,25,28). The predicted molar refractivity (Wildman–Crippen MR) is 110 cm³/mol. The van der Waals surface area contributed by atoms with Crippen molar-refractivity contribution in [2.45, 2.75) is 19.5 Å². The molecule has 0 saturated carbocycles. The van der Waals surface area contributed by atoms with E-state index in [-0.39, 0.29) is 6.54 Å². The molecule has 0 fully saturated rings. The fourth-order valence-electron chi connectivity index (χ4n) is 2.87. The molecule has 0 radical (unpaired) electrons. The number of nitrogens with one attached hydrogen (secondary N) is 2. The monoisotopic (exact) mass is 392 g/mol. The Labute approximate surface area is 169 Å². The van der Waals surface area contributed by atoms with Crippen molar-refractivity contribution < 1.29 is 14.3 Å². The maximum Gasteiger partial charge on any atom is 0.309 e. The first-order chi connectivity index (χ1) is 14.2. The van der Waals surface area contributed by atoms with Crippen molar-refractivity contribution in [3.05, 3.63) is 72.6 Å². The van der Waals surface area contributed by atoms with Crippen molar-refractivity contribution in [3.8, 4) is 17.1 Å². The van der Waals surface area contributed by atoms with Crippen LogP contribution in [-0.2, 0) is 22.7 Å². The summed E-state index contributed by atoms with van der Waals surface area (Å²) in [5, 5.41) is 5.27. The molecular weight excluding hydrogens is 368 g/mol. The van der Waals surface area contributed by atoms with E-state index in [0.29, 0.717) is 19.5 Å². The van der Waals surface area contributed by atoms with Gasteiger partial charge in [-0.05, 0) is 24.1 Å². The van der Waals surface area contributed by atoms with Crippen molar-refractivity contribution in [1.29, 1.82) is 0 Å². The van der Waals surface area contributed by atoms with E-state index < -0.39 is 11.8 Å². The first kappa shape index (κ1) is 20.1. The number of hydrogen-bond donors (Lipinski definition) is 2. The van der Waals surface area contributed by atoms with E-state index in [1.54, 1.807) is 25.4 Å². The summed E-state index contributed by atoms with van der Waals surface area (Å²) in [6.45, 7) is 1.38. The third kappa shape index (κ3) is 5.68. The van der Waals surface area contributed by atoms with E-state index in [4.69, 9.17) is 4.74 Å². The number of methoxy groups -OCH3 is 1. The van der Waals surface area contributed by atoms with E-state index in [2.05, 4.69) is 15.6 Å². The fraction of sp³-hybridized carbons (Fsp3) is 0.227. The Morgan fingerprint density at radius 2 is 1.72 bits per heavy atom. The molecule has 2 aromatic carbocycles. The molecule has 3 rings (SSSR count). The van der Waals surface area contributed by atoms with Crippen molar-refractivity contribution >= 4 is 11.8 Å². The molecule has 7 nitrogen and oxygen atoms in total. The second-order valence-corrected chi connectivity index (χ2v) is 6.45. The maximum atomic E-state index is 12.0. The van der Waals surface area contributed by atoms with Gasteiger partial charge in [0, 0.05) is 37.6 Å². The van der Waals surface area contributed by atoms with E-state index in [0.717, 1.165) is 22.7 Å². The summed E-state index contributed by atoms with van der Waals surface area (Å²) in [7, 11) is 1.59. The number of aromatic nitrogens is 2. The Morgan fingerprint density at radius 1 is 1.00 bits per heavy atom. The van der Waals surface area contributed by atoms with Crippen LogP contribution in [0.1, 0.15) is 12.0 Å². The third-order valence-corrected chi connectivity index (χ3v) is 4.43. The highest BCUT2D eigenvalue weighted by Crippen LogP contribution is 2.16. The van der Waals surface area contributed by atoms with Gasteiger partial charge in [-0.15, -0.1) is 0 Å². The molecule has 1 aromatic heterocycles. The average molecular weight is 392 g/mol. The normalized spacial score (nSPS) is 10.4. The largest absolute Gasteiger partial charge is 0.497 e. The minimum Gasteiger partial charge on any atom is -0.497 e. The summed E-state index contributed by atoms with van der Waals surface area (Å²) in [5.74, 6) is 0.348. The van der Waals surface area contributed by atoms with Crippen LogP contribution in [0.4, 0.5) is 0 Å².